The van der Waals surface area contributed by atoms with E-state index >= 15 is 0 Å². The monoisotopic (exact) mass is 170 g/mol. The summed E-state index contributed by atoms with van der Waals surface area (Å²) in [5.41, 5.74) is 5.47. The Balaban J connectivity index is 2.21. The van der Waals surface area contributed by atoms with Crippen LogP contribution in [0.25, 0.3) is 0 Å². The molecule has 0 aliphatic heterocycles. The quantitative estimate of drug-likeness (QED) is 0.653. The predicted molar refractivity (Wildman–Crippen MR) is 48.6 cm³/mol. The van der Waals surface area contributed by atoms with E-state index in [1.165, 1.54) is 6.42 Å². The van der Waals surface area contributed by atoms with Crippen LogP contribution in [0, 0.1) is 5.92 Å². The summed E-state index contributed by atoms with van der Waals surface area (Å²) < 4.78 is 0. The SMILES string of the molecule is CC(=O)NC1CCC(CCN)C1. The van der Waals surface area contributed by atoms with Gasteiger partial charge in [0.2, 0.25) is 5.91 Å². The van der Waals surface area contributed by atoms with E-state index in [1.807, 2.05) is 0 Å². The molecule has 3 heteroatoms. The number of rotatable bonds is 3. The van der Waals surface area contributed by atoms with Crippen molar-refractivity contribution in [1.29, 1.82) is 0 Å². The van der Waals surface area contributed by atoms with Crippen molar-refractivity contribution >= 4 is 5.91 Å². The number of nitrogens with one attached hydrogen (secondary N) is 1. The average Bonchev–Trinajstić information content (AvgIpc) is 2.36. The first-order valence-corrected chi connectivity index (χ1v) is 4.69. The molecule has 0 spiro atoms. The Morgan fingerprint density at radius 3 is 2.92 bits per heavy atom. The summed E-state index contributed by atoms with van der Waals surface area (Å²) >= 11 is 0. The van der Waals surface area contributed by atoms with Crippen LogP contribution in [0.4, 0.5) is 0 Å². The molecular weight excluding hydrogens is 152 g/mol. The zero-order valence-electron chi connectivity index (χ0n) is 7.68. The van der Waals surface area contributed by atoms with Crippen LogP contribution in [0.1, 0.15) is 32.6 Å². The van der Waals surface area contributed by atoms with Crippen molar-refractivity contribution < 1.29 is 4.79 Å². The summed E-state index contributed by atoms with van der Waals surface area (Å²) in [7, 11) is 0. The second-order valence-corrected chi connectivity index (χ2v) is 3.65. The Kier molecular flexibility index (Phi) is 3.53. The van der Waals surface area contributed by atoms with E-state index in [1.54, 1.807) is 6.92 Å². The van der Waals surface area contributed by atoms with Gasteiger partial charge >= 0.3 is 0 Å². The van der Waals surface area contributed by atoms with Gasteiger partial charge in [0.25, 0.3) is 0 Å². The molecule has 12 heavy (non-hydrogen) atoms. The Morgan fingerprint density at radius 2 is 2.33 bits per heavy atom. The van der Waals surface area contributed by atoms with Gasteiger partial charge in [-0.25, -0.2) is 0 Å². The molecule has 1 saturated carbocycles. The first kappa shape index (κ1) is 9.52. The lowest BCUT2D eigenvalue weighted by molar-refractivity contribution is -0.119. The minimum atomic E-state index is 0.0911. The number of nitrogens with two attached hydrogens (primary N) is 1. The topological polar surface area (TPSA) is 55.1 Å². The van der Waals surface area contributed by atoms with E-state index in [2.05, 4.69) is 5.32 Å². The molecule has 3 N–H and O–H groups in total. The van der Waals surface area contributed by atoms with Gasteiger partial charge in [0, 0.05) is 13.0 Å². The normalized spacial score (nSPS) is 28.8. The Hall–Kier alpha value is -0.570. The second kappa shape index (κ2) is 4.45. The van der Waals surface area contributed by atoms with Gasteiger partial charge in [0.1, 0.15) is 0 Å². The zero-order valence-corrected chi connectivity index (χ0v) is 7.68. The third-order valence-electron chi connectivity index (χ3n) is 2.52. The predicted octanol–water partition coefficient (Wildman–Crippen LogP) is 0.640. The van der Waals surface area contributed by atoms with E-state index in [4.69, 9.17) is 5.73 Å². The molecule has 1 aliphatic rings. The maximum atomic E-state index is 10.7. The van der Waals surface area contributed by atoms with Gasteiger partial charge in [-0.05, 0) is 38.1 Å². The van der Waals surface area contributed by atoms with Crippen molar-refractivity contribution in [2.45, 2.75) is 38.6 Å². The highest BCUT2D eigenvalue weighted by atomic mass is 16.1. The van der Waals surface area contributed by atoms with Crippen LogP contribution < -0.4 is 11.1 Å². The van der Waals surface area contributed by atoms with Gasteiger partial charge in [-0.1, -0.05) is 0 Å². The number of amides is 1. The number of carbonyl (C=O) groups excluding carboxylic acids is 1. The molecular formula is C9H18N2O. The van der Waals surface area contributed by atoms with Gasteiger partial charge in [-0.15, -0.1) is 0 Å². The third-order valence-corrected chi connectivity index (χ3v) is 2.52. The maximum absolute atomic E-state index is 10.7. The van der Waals surface area contributed by atoms with Crippen molar-refractivity contribution in [1.82, 2.24) is 5.32 Å². The fourth-order valence-electron chi connectivity index (χ4n) is 1.99. The molecule has 0 saturated heterocycles. The second-order valence-electron chi connectivity index (χ2n) is 3.65. The summed E-state index contributed by atoms with van der Waals surface area (Å²) in [6.07, 6.45) is 4.58. The van der Waals surface area contributed by atoms with Crippen LogP contribution >= 0.6 is 0 Å². The smallest absolute Gasteiger partial charge is 0.217 e. The third kappa shape index (κ3) is 2.81. The van der Waals surface area contributed by atoms with E-state index in [0.717, 1.165) is 31.7 Å². The lowest BCUT2D eigenvalue weighted by Gasteiger charge is -2.10. The van der Waals surface area contributed by atoms with E-state index in [0.29, 0.717) is 6.04 Å². The molecule has 1 rings (SSSR count). The largest absolute Gasteiger partial charge is 0.354 e. The van der Waals surface area contributed by atoms with Gasteiger partial charge in [0.05, 0.1) is 0 Å². The lowest BCUT2D eigenvalue weighted by atomic mass is 10.0. The molecule has 70 valence electrons. The van der Waals surface area contributed by atoms with Crippen LogP contribution in [0.3, 0.4) is 0 Å². The summed E-state index contributed by atoms with van der Waals surface area (Å²) in [5, 5.41) is 2.95. The fourth-order valence-corrected chi connectivity index (χ4v) is 1.99. The number of hydrogen-bond acceptors (Lipinski definition) is 2. The van der Waals surface area contributed by atoms with Gasteiger partial charge < -0.3 is 11.1 Å². The van der Waals surface area contributed by atoms with Crippen LogP contribution in [-0.4, -0.2) is 18.5 Å². The highest BCUT2D eigenvalue weighted by Crippen LogP contribution is 2.27. The van der Waals surface area contributed by atoms with E-state index in [-0.39, 0.29) is 5.91 Å². The number of carbonyl (C=O) groups is 1. The minimum absolute atomic E-state index is 0.0911. The van der Waals surface area contributed by atoms with Crippen LogP contribution in [0.5, 0.6) is 0 Å². The number of hydrogen-bond donors (Lipinski definition) is 2. The van der Waals surface area contributed by atoms with Crippen LogP contribution in [0.15, 0.2) is 0 Å². The summed E-state index contributed by atoms with van der Waals surface area (Å²) in [4.78, 5) is 10.7. The zero-order chi connectivity index (χ0) is 8.97. The Labute approximate surface area is 73.7 Å². The lowest BCUT2D eigenvalue weighted by Crippen LogP contribution is -2.30. The van der Waals surface area contributed by atoms with Gasteiger partial charge in [-0.3, -0.25) is 4.79 Å². The summed E-state index contributed by atoms with van der Waals surface area (Å²) in [6, 6.07) is 0.416. The van der Waals surface area contributed by atoms with Gasteiger partial charge in [-0.2, -0.15) is 0 Å². The average molecular weight is 170 g/mol. The highest BCUT2D eigenvalue weighted by molar-refractivity contribution is 5.73. The Morgan fingerprint density at radius 1 is 1.58 bits per heavy atom. The molecule has 3 nitrogen and oxygen atoms in total. The molecule has 0 bridgehead atoms. The van der Waals surface area contributed by atoms with Crippen molar-refractivity contribution in [3.63, 3.8) is 0 Å². The van der Waals surface area contributed by atoms with Crippen molar-refractivity contribution in [2.75, 3.05) is 6.54 Å². The van der Waals surface area contributed by atoms with Crippen LogP contribution in [0.2, 0.25) is 0 Å². The molecule has 0 aromatic carbocycles. The molecule has 1 aliphatic carbocycles. The van der Waals surface area contributed by atoms with E-state index < -0.39 is 0 Å². The molecule has 0 aromatic rings. The van der Waals surface area contributed by atoms with Crippen molar-refractivity contribution in [3.8, 4) is 0 Å². The van der Waals surface area contributed by atoms with Crippen LogP contribution in [-0.2, 0) is 4.79 Å². The molecule has 0 heterocycles. The van der Waals surface area contributed by atoms with Crippen molar-refractivity contribution in [3.05, 3.63) is 0 Å². The maximum Gasteiger partial charge on any atom is 0.217 e. The molecule has 2 atom stereocenters. The molecule has 0 radical (unpaired) electrons. The van der Waals surface area contributed by atoms with E-state index in [9.17, 15) is 4.79 Å². The molecule has 2 unspecified atom stereocenters. The summed E-state index contributed by atoms with van der Waals surface area (Å²) in [5.74, 6) is 0.834. The van der Waals surface area contributed by atoms with Crippen molar-refractivity contribution in [2.24, 2.45) is 11.7 Å². The molecule has 1 amide bonds. The fraction of sp³-hybridized carbons (Fsp3) is 0.889. The first-order chi connectivity index (χ1) is 5.72. The van der Waals surface area contributed by atoms with Gasteiger partial charge in [0.15, 0.2) is 0 Å². The first-order valence-electron chi connectivity index (χ1n) is 4.69. The highest BCUT2D eigenvalue weighted by Gasteiger charge is 2.23. The Bertz CT molecular complexity index is 159. The molecule has 1 fully saturated rings. The summed E-state index contributed by atoms with van der Waals surface area (Å²) in [6.45, 7) is 2.35. The standard InChI is InChI=1S/C9H18N2O/c1-7(12)11-9-3-2-8(6-9)4-5-10/h8-9H,2-6,10H2,1H3,(H,11,12). The minimum Gasteiger partial charge on any atom is -0.354 e. The molecule has 0 aromatic heterocycles.